The highest BCUT2D eigenvalue weighted by Crippen LogP contribution is 2.40. The number of ether oxygens (including phenoxy) is 1. The molecule has 3 aromatic carbocycles. The summed E-state index contributed by atoms with van der Waals surface area (Å²) in [5, 5.41) is 27.7. The Bertz CT molecular complexity index is 1020. The normalized spacial score (nSPS) is 10.4. The molecule has 0 aliphatic rings. The molecule has 0 unspecified atom stereocenters. The van der Waals surface area contributed by atoms with Gasteiger partial charge in [-0.3, -0.25) is 0 Å². The van der Waals surface area contributed by atoms with Gasteiger partial charge in [0.2, 0.25) is 0 Å². The number of methoxy groups -OCH3 is 1. The van der Waals surface area contributed by atoms with Gasteiger partial charge in [-0.2, -0.15) is 0 Å². The molecule has 0 aliphatic heterocycles. The van der Waals surface area contributed by atoms with E-state index in [4.69, 9.17) is 14.9 Å². The van der Waals surface area contributed by atoms with Gasteiger partial charge < -0.3 is 20.1 Å². The molecule has 3 rings (SSSR count). The molecule has 0 aliphatic carbocycles. The molecule has 0 saturated heterocycles. The van der Waals surface area contributed by atoms with Gasteiger partial charge in [-0.05, 0) is 47.5 Å². The molecule has 0 atom stereocenters. The third-order valence-electron chi connectivity index (χ3n) is 4.43. The zero-order valence-corrected chi connectivity index (χ0v) is 15.2. The van der Waals surface area contributed by atoms with Gasteiger partial charge in [0, 0.05) is 11.1 Å². The summed E-state index contributed by atoms with van der Waals surface area (Å²) >= 11 is 0. The molecule has 0 radical (unpaired) electrons. The van der Waals surface area contributed by atoms with E-state index < -0.39 is 17.9 Å². The first-order valence-electron chi connectivity index (χ1n) is 8.44. The number of hydrogen-bond acceptors (Lipinski definition) is 4. The minimum atomic E-state index is -1.14. The fourth-order valence-electron chi connectivity index (χ4n) is 2.99. The lowest BCUT2D eigenvalue weighted by Crippen LogP contribution is -2.01. The molecule has 7 nitrogen and oxygen atoms in total. The van der Waals surface area contributed by atoms with E-state index in [0.717, 1.165) is 0 Å². The maximum atomic E-state index is 11.7. The topological polar surface area (TPSA) is 121 Å². The lowest BCUT2D eigenvalue weighted by Gasteiger charge is -2.16. The monoisotopic (exact) mass is 392 g/mol. The molecule has 0 bridgehead atoms. The number of hydrogen-bond donors (Lipinski definition) is 3. The molecule has 146 valence electrons. The highest BCUT2D eigenvalue weighted by Gasteiger charge is 2.18. The van der Waals surface area contributed by atoms with Crippen molar-refractivity contribution < 1.29 is 34.4 Å². The van der Waals surface area contributed by atoms with Crippen LogP contribution in [-0.4, -0.2) is 40.3 Å². The highest BCUT2D eigenvalue weighted by molar-refractivity contribution is 5.96. The van der Waals surface area contributed by atoms with E-state index in [1.165, 1.54) is 43.5 Å². The van der Waals surface area contributed by atoms with Crippen molar-refractivity contribution >= 4 is 17.9 Å². The third-order valence-corrected chi connectivity index (χ3v) is 4.43. The molecule has 3 aromatic rings. The quantitative estimate of drug-likeness (QED) is 0.577. The van der Waals surface area contributed by atoms with E-state index in [1.54, 1.807) is 24.3 Å². The Morgan fingerprint density at radius 1 is 0.621 bits per heavy atom. The van der Waals surface area contributed by atoms with E-state index in [1.807, 2.05) is 0 Å². The van der Waals surface area contributed by atoms with Gasteiger partial charge in [0.1, 0.15) is 5.75 Å². The van der Waals surface area contributed by atoms with Gasteiger partial charge in [0.15, 0.2) is 0 Å². The fourth-order valence-corrected chi connectivity index (χ4v) is 2.99. The van der Waals surface area contributed by atoms with Gasteiger partial charge in [-0.15, -0.1) is 0 Å². The summed E-state index contributed by atoms with van der Waals surface area (Å²) in [6.45, 7) is 0. The summed E-state index contributed by atoms with van der Waals surface area (Å²) in [7, 11) is 1.44. The predicted octanol–water partition coefficient (Wildman–Crippen LogP) is 4.12. The summed E-state index contributed by atoms with van der Waals surface area (Å²) in [6.07, 6.45) is 0. The molecule has 0 spiro atoms. The SMILES string of the molecule is COc1c(-c2ccc(C(=O)O)cc2)cc(C(=O)O)cc1-c1ccc(C(=O)O)cc1. The van der Waals surface area contributed by atoms with Crippen LogP contribution in [0.2, 0.25) is 0 Å². The van der Waals surface area contributed by atoms with Gasteiger partial charge in [-0.25, -0.2) is 14.4 Å². The first-order valence-corrected chi connectivity index (χ1v) is 8.44. The standard InChI is InChI=1S/C22H16O7/c1-29-19-17(12-2-6-14(7-3-12)20(23)24)10-16(22(27)28)11-18(19)13-4-8-15(9-5-13)21(25)26/h2-11H,1H3,(H,23,24)(H,25,26)(H,27,28). The zero-order chi connectivity index (χ0) is 21.1. The van der Waals surface area contributed by atoms with Crippen LogP contribution < -0.4 is 4.74 Å². The van der Waals surface area contributed by atoms with Crippen molar-refractivity contribution in [2.75, 3.05) is 7.11 Å². The first-order chi connectivity index (χ1) is 13.8. The number of carbonyl (C=O) groups is 3. The van der Waals surface area contributed by atoms with Crippen LogP contribution in [-0.2, 0) is 0 Å². The van der Waals surface area contributed by atoms with Crippen LogP contribution >= 0.6 is 0 Å². The van der Waals surface area contributed by atoms with Gasteiger partial charge in [-0.1, -0.05) is 24.3 Å². The minimum Gasteiger partial charge on any atom is -0.495 e. The smallest absolute Gasteiger partial charge is 0.335 e. The van der Waals surface area contributed by atoms with Crippen molar-refractivity contribution in [3.63, 3.8) is 0 Å². The highest BCUT2D eigenvalue weighted by atomic mass is 16.5. The molecular formula is C22H16O7. The Kier molecular flexibility index (Phi) is 5.32. The molecule has 0 saturated carbocycles. The number of carboxylic acid groups (broad SMARTS) is 3. The summed E-state index contributed by atoms with van der Waals surface area (Å²) in [5.74, 6) is -2.88. The van der Waals surface area contributed by atoms with E-state index in [9.17, 15) is 19.5 Å². The Morgan fingerprint density at radius 2 is 0.966 bits per heavy atom. The van der Waals surface area contributed by atoms with Crippen molar-refractivity contribution in [3.8, 4) is 28.0 Å². The maximum absolute atomic E-state index is 11.7. The third kappa shape index (κ3) is 3.93. The summed E-state index contributed by atoms with van der Waals surface area (Å²) in [4.78, 5) is 33.8. The average molecular weight is 392 g/mol. The molecule has 0 heterocycles. The Hall–Kier alpha value is -4.13. The molecular weight excluding hydrogens is 376 g/mol. The number of carboxylic acids is 3. The van der Waals surface area contributed by atoms with Crippen molar-refractivity contribution in [1.82, 2.24) is 0 Å². The second-order valence-electron chi connectivity index (χ2n) is 6.17. The van der Waals surface area contributed by atoms with Gasteiger partial charge in [0.25, 0.3) is 0 Å². The van der Waals surface area contributed by atoms with Crippen molar-refractivity contribution in [2.45, 2.75) is 0 Å². The average Bonchev–Trinajstić information content (AvgIpc) is 2.72. The lowest BCUT2D eigenvalue weighted by molar-refractivity contribution is 0.0686. The van der Waals surface area contributed by atoms with E-state index in [-0.39, 0.29) is 16.7 Å². The number of benzene rings is 3. The molecule has 0 fully saturated rings. The van der Waals surface area contributed by atoms with Gasteiger partial charge in [0.05, 0.1) is 23.8 Å². The lowest BCUT2D eigenvalue weighted by atomic mass is 9.93. The van der Waals surface area contributed by atoms with E-state index in [2.05, 4.69) is 0 Å². The fraction of sp³-hybridized carbons (Fsp3) is 0.0455. The van der Waals surface area contributed by atoms with E-state index in [0.29, 0.717) is 28.0 Å². The Balaban J connectivity index is 2.22. The summed E-state index contributed by atoms with van der Waals surface area (Å²) in [6, 6.07) is 14.9. The first kappa shape index (κ1) is 19.6. The minimum absolute atomic E-state index is 0.0143. The molecule has 0 amide bonds. The number of rotatable bonds is 6. The van der Waals surface area contributed by atoms with Crippen molar-refractivity contribution in [2.24, 2.45) is 0 Å². The number of aromatic carboxylic acids is 3. The maximum Gasteiger partial charge on any atom is 0.335 e. The largest absolute Gasteiger partial charge is 0.495 e. The van der Waals surface area contributed by atoms with Crippen LogP contribution in [0.5, 0.6) is 5.75 Å². The van der Waals surface area contributed by atoms with Gasteiger partial charge >= 0.3 is 17.9 Å². The molecule has 29 heavy (non-hydrogen) atoms. The predicted molar refractivity (Wildman–Crippen MR) is 105 cm³/mol. The van der Waals surface area contributed by atoms with Crippen LogP contribution in [0.3, 0.4) is 0 Å². The van der Waals surface area contributed by atoms with Crippen LogP contribution in [0.15, 0.2) is 60.7 Å². The zero-order valence-electron chi connectivity index (χ0n) is 15.2. The van der Waals surface area contributed by atoms with Crippen molar-refractivity contribution in [1.29, 1.82) is 0 Å². The summed E-state index contributed by atoms with van der Waals surface area (Å²) in [5.41, 5.74) is 2.33. The van der Waals surface area contributed by atoms with Crippen LogP contribution in [0, 0.1) is 0 Å². The van der Waals surface area contributed by atoms with Crippen LogP contribution in [0.4, 0.5) is 0 Å². The summed E-state index contributed by atoms with van der Waals surface area (Å²) < 4.78 is 5.55. The second-order valence-corrected chi connectivity index (χ2v) is 6.17. The second kappa shape index (κ2) is 7.85. The van der Waals surface area contributed by atoms with Crippen LogP contribution in [0.1, 0.15) is 31.1 Å². The van der Waals surface area contributed by atoms with Crippen molar-refractivity contribution in [3.05, 3.63) is 77.4 Å². The molecule has 3 N–H and O–H groups in total. The molecule has 0 aromatic heterocycles. The van der Waals surface area contributed by atoms with E-state index >= 15 is 0 Å². The molecule has 7 heteroatoms. The van der Waals surface area contributed by atoms with Crippen LogP contribution in [0.25, 0.3) is 22.3 Å². The Morgan fingerprint density at radius 3 is 1.24 bits per heavy atom. The Labute approximate surface area is 165 Å².